The fourth-order valence-electron chi connectivity index (χ4n) is 2.04. The minimum Gasteiger partial charge on any atom is -0.323 e. The first kappa shape index (κ1) is 14.6. The fourth-order valence-corrected chi connectivity index (χ4v) is 5.59. The smallest absolute Gasteiger partial charge is 0.267 e. The number of benzene rings is 1. The van der Waals surface area contributed by atoms with Gasteiger partial charge in [0, 0.05) is 0 Å². The second-order valence-corrected chi connectivity index (χ2v) is 8.38. The highest BCUT2D eigenvalue weighted by Crippen LogP contribution is 2.39. The molecule has 0 saturated carbocycles. The van der Waals surface area contributed by atoms with E-state index in [9.17, 15) is 13.2 Å². The molecule has 2 heterocycles. The Morgan fingerprint density at radius 1 is 1.24 bits per heavy atom. The van der Waals surface area contributed by atoms with Gasteiger partial charge in [-0.25, -0.2) is 8.42 Å². The Kier molecular flexibility index (Phi) is 3.61. The molecule has 0 spiro atoms. The van der Waals surface area contributed by atoms with Crippen molar-refractivity contribution in [1.29, 1.82) is 0 Å². The summed E-state index contributed by atoms with van der Waals surface area (Å²) in [6.45, 7) is -0.302. The van der Waals surface area contributed by atoms with Crippen molar-refractivity contribution in [3.05, 3.63) is 39.0 Å². The van der Waals surface area contributed by atoms with Gasteiger partial charge in [-0.2, -0.15) is 0 Å². The number of sulfonamides is 1. The van der Waals surface area contributed by atoms with Gasteiger partial charge in [0.05, 0.1) is 15.7 Å². The zero-order valence-electron chi connectivity index (χ0n) is 10.3. The predicted octanol–water partition coefficient (Wildman–Crippen LogP) is 3.20. The number of fused-ring (bicyclic) bond motifs is 1. The molecule has 1 amide bonds. The molecule has 0 aliphatic carbocycles. The molecule has 0 saturated heterocycles. The molecule has 0 atom stereocenters. The number of carbonyl (C=O) groups excluding carboxylic acids is 1. The highest BCUT2D eigenvalue weighted by molar-refractivity contribution is 7.93. The van der Waals surface area contributed by atoms with Crippen LogP contribution in [-0.4, -0.2) is 20.9 Å². The molecule has 0 unspecified atom stereocenters. The van der Waals surface area contributed by atoms with Gasteiger partial charge < -0.3 is 5.32 Å². The number of nitrogens with zero attached hydrogens (tertiary/aromatic N) is 1. The van der Waals surface area contributed by atoms with Crippen LogP contribution in [0.4, 0.5) is 11.4 Å². The van der Waals surface area contributed by atoms with Gasteiger partial charge >= 0.3 is 0 Å². The van der Waals surface area contributed by atoms with Crippen molar-refractivity contribution in [2.75, 3.05) is 16.2 Å². The molecule has 1 aliphatic rings. The summed E-state index contributed by atoms with van der Waals surface area (Å²) in [6, 6.07) is 7.95. The molecular formula is C12H8Cl2N2O3S2. The summed E-state index contributed by atoms with van der Waals surface area (Å²) in [5, 5.41) is 2.63. The lowest BCUT2D eigenvalue weighted by atomic mass is 10.2. The molecule has 110 valence electrons. The second-order valence-electron chi connectivity index (χ2n) is 4.27. The molecule has 1 aromatic carbocycles. The van der Waals surface area contributed by atoms with Crippen molar-refractivity contribution in [2.45, 2.75) is 4.90 Å². The van der Waals surface area contributed by atoms with Gasteiger partial charge in [0.15, 0.2) is 0 Å². The Bertz CT molecular complexity index is 833. The first-order chi connectivity index (χ1) is 9.89. The quantitative estimate of drug-likeness (QED) is 0.891. The van der Waals surface area contributed by atoms with E-state index in [1.807, 2.05) is 0 Å². The summed E-state index contributed by atoms with van der Waals surface area (Å²) < 4.78 is 26.9. The zero-order chi connectivity index (χ0) is 15.2. The van der Waals surface area contributed by atoms with Gasteiger partial charge in [0.2, 0.25) is 5.91 Å². The average Bonchev–Trinajstić information content (AvgIpc) is 2.77. The van der Waals surface area contributed by atoms with Crippen LogP contribution in [0.15, 0.2) is 35.2 Å². The number of carbonyl (C=O) groups is 1. The third-order valence-corrected chi connectivity index (χ3v) is 6.44. The van der Waals surface area contributed by atoms with E-state index in [0.717, 1.165) is 15.6 Å². The Morgan fingerprint density at radius 2 is 1.95 bits per heavy atom. The number of amides is 1. The van der Waals surface area contributed by atoms with Crippen LogP contribution in [0.25, 0.3) is 0 Å². The summed E-state index contributed by atoms with van der Waals surface area (Å²) >= 11 is 12.7. The maximum absolute atomic E-state index is 12.7. The molecule has 1 aliphatic heterocycles. The Morgan fingerprint density at radius 3 is 2.62 bits per heavy atom. The summed E-state index contributed by atoms with van der Waals surface area (Å²) in [4.78, 5) is 11.6. The van der Waals surface area contributed by atoms with E-state index in [0.29, 0.717) is 11.4 Å². The van der Waals surface area contributed by atoms with Crippen LogP contribution in [0.3, 0.4) is 0 Å². The Hall–Kier alpha value is -1.28. The topological polar surface area (TPSA) is 66.5 Å². The van der Waals surface area contributed by atoms with Gasteiger partial charge in [-0.05, 0) is 18.2 Å². The van der Waals surface area contributed by atoms with Crippen molar-refractivity contribution in [2.24, 2.45) is 0 Å². The van der Waals surface area contributed by atoms with Crippen molar-refractivity contribution in [1.82, 2.24) is 0 Å². The van der Waals surface area contributed by atoms with Gasteiger partial charge in [-0.3, -0.25) is 9.10 Å². The largest absolute Gasteiger partial charge is 0.323 e. The van der Waals surface area contributed by atoms with Crippen LogP contribution in [0.2, 0.25) is 8.67 Å². The highest BCUT2D eigenvalue weighted by Gasteiger charge is 2.34. The highest BCUT2D eigenvalue weighted by atomic mass is 35.5. The Balaban J connectivity index is 2.16. The molecular weight excluding hydrogens is 355 g/mol. The number of nitrogens with one attached hydrogen (secondary N) is 1. The minimum atomic E-state index is -3.95. The SMILES string of the molecule is O=C1CN(S(=O)(=O)c2cc(Cl)sc2Cl)c2ccccc2N1. The van der Waals surface area contributed by atoms with E-state index in [1.54, 1.807) is 24.3 Å². The lowest BCUT2D eigenvalue weighted by molar-refractivity contribution is -0.115. The number of hydrogen-bond donors (Lipinski definition) is 1. The van der Waals surface area contributed by atoms with Crippen molar-refractivity contribution < 1.29 is 13.2 Å². The third-order valence-electron chi connectivity index (χ3n) is 2.93. The van der Waals surface area contributed by atoms with Crippen molar-refractivity contribution in [3.8, 4) is 0 Å². The standard InChI is InChI=1S/C12H8Cl2N2O3S2/c13-10-5-9(12(14)20-10)21(18,19)16-6-11(17)15-7-3-1-2-4-8(7)16/h1-5H,6H2,(H,15,17). The van der Waals surface area contributed by atoms with Crippen LogP contribution in [0, 0.1) is 0 Å². The molecule has 9 heteroatoms. The number of anilines is 2. The fraction of sp³-hybridized carbons (Fsp3) is 0.0833. The van der Waals surface area contributed by atoms with Crippen LogP contribution in [0.5, 0.6) is 0 Å². The average molecular weight is 363 g/mol. The van der Waals surface area contributed by atoms with Gasteiger partial charge in [0.25, 0.3) is 10.0 Å². The molecule has 0 fully saturated rings. The summed E-state index contributed by atoms with van der Waals surface area (Å²) in [5.41, 5.74) is 0.838. The van der Waals surface area contributed by atoms with Crippen molar-refractivity contribution >= 4 is 61.8 Å². The second kappa shape index (κ2) is 5.17. The lowest BCUT2D eigenvalue weighted by Crippen LogP contribution is -2.42. The van der Waals surface area contributed by atoms with Crippen LogP contribution in [0.1, 0.15) is 0 Å². The third kappa shape index (κ3) is 2.50. The first-order valence-corrected chi connectivity index (χ1v) is 8.77. The van der Waals surface area contributed by atoms with Gasteiger partial charge in [-0.15, -0.1) is 11.3 Å². The maximum atomic E-state index is 12.7. The lowest BCUT2D eigenvalue weighted by Gasteiger charge is -2.29. The summed E-state index contributed by atoms with van der Waals surface area (Å²) in [7, 11) is -3.95. The van der Waals surface area contributed by atoms with E-state index in [2.05, 4.69) is 5.32 Å². The van der Waals surface area contributed by atoms with E-state index >= 15 is 0 Å². The number of hydrogen-bond acceptors (Lipinski definition) is 4. The monoisotopic (exact) mass is 362 g/mol. The van der Waals surface area contributed by atoms with E-state index < -0.39 is 15.9 Å². The molecule has 5 nitrogen and oxygen atoms in total. The molecule has 1 N–H and O–H groups in total. The predicted molar refractivity (Wildman–Crippen MR) is 83.9 cm³/mol. The van der Waals surface area contributed by atoms with E-state index in [-0.39, 0.29) is 20.1 Å². The van der Waals surface area contributed by atoms with Gasteiger partial charge in [-0.1, -0.05) is 35.3 Å². The maximum Gasteiger partial charge on any atom is 0.267 e. The van der Waals surface area contributed by atoms with Gasteiger partial charge in [0.1, 0.15) is 15.8 Å². The number of rotatable bonds is 2. The molecule has 21 heavy (non-hydrogen) atoms. The number of halogens is 2. The van der Waals surface area contributed by atoms with Crippen LogP contribution >= 0.6 is 34.5 Å². The van der Waals surface area contributed by atoms with Crippen LogP contribution in [-0.2, 0) is 14.8 Å². The summed E-state index contributed by atoms with van der Waals surface area (Å²) in [6.07, 6.45) is 0. The Labute approximate surface area is 135 Å². The molecule has 1 aromatic heterocycles. The number of thiophene rings is 1. The molecule has 3 rings (SSSR count). The van der Waals surface area contributed by atoms with Crippen molar-refractivity contribution in [3.63, 3.8) is 0 Å². The minimum absolute atomic E-state index is 0.0727. The molecule has 0 bridgehead atoms. The van der Waals surface area contributed by atoms with E-state index in [1.165, 1.54) is 6.07 Å². The molecule has 0 radical (unpaired) electrons. The van der Waals surface area contributed by atoms with E-state index in [4.69, 9.17) is 23.2 Å². The first-order valence-electron chi connectivity index (χ1n) is 5.76. The number of para-hydroxylation sites is 2. The molecule has 2 aromatic rings. The zero-order valence-corrected chi connectivity index (χ0v) is 13.5. The summed E-state index contributed by atoms with van der Waals surface area (Å²) in [5.74, 6) is -0.408. The van der Waals surface area contributed by atoms with Crippen LogP contribution < -0.4 is 9.62 Å². The normalized spacial score (nSPS) is 14.8.